The van der Waals surface area contributed by atoms with Gasteiger partial charge in [-0.2, -0.15) is 0 Å². The van der Waals surface area contributed by atoms with Gasteiger partial charge in [0, 0.05) is 39.5 Å². The third kappa shape index (κ3) is 3.21. The van der Waals surface area contributed by atoms with Crippen molar-refractivity contribution in [1.29, 1.82) is 0 Å². The van der Waals surface area contributed by atoms with Crippen molar-refractivity contribution in [2.24, 2.45) is 4.99 Å². The zero-order chi connectivity index (χ0) is 20.8. The van der Waals surface area contributed by atoms with Crippen molar-refractivity contribution in [1.82, 2.24) is 14.5 Å². The summed E-state index contributed by atoms with van der Waals surface area (Å²) in [7, 11) is 0. The molecule has 0 unspecified atom stereocenters. The molecule has 0 amide bonds. The summed E-state index contributed by atoms with van der Waals surface area (Å²) in [4.78, 5) is 12.4. The summed E-state index contributed by atoms with van der Waals surface area (Å²) >= 11 is 5.45. The number of hydrogen-bond donors (Lipinski definition) is 0. The zero-order valence-electron chi connectivity index (χ0n) is 17.4. The van der Waals surface area contributed by atoms with E-state index in [1.807, 2.05) is 24.0 Å². The Balaban J connectivity index is 1.63. The molecule has 30 heavy (non-hydrogen) atoms. The van der Waals surface area contributed by atoms with Gasteiger partial charge in [-0.15, -0.1) is 0 Å². The molecule has 2 aromatic heterocycles. The minimum atomic E-state index is 0.0296. The average Bonchev–Trinajstić information content (AvgIpc) is 3.41. The van der Waals surface area contributed by atoms with Crippen molar-refractivity contribution in [3.8, 4) is 5.69 Å². The van der Waals surface area contributed by atoms with Gasteiger partial charge in [0.15, 0.2) is 5.17 Å². The van der Waals surface area contributed by atoms with Crippen LogP contribution in [0.25, 0.3) is 5.69 Å². The van der Waals surface area contributed by atoms with E-state index in [1.165, 1.54) is 27.8 Å². The lowest BCUT2D eigenvalue weighted by Gasteiger charge is -2.32. The van der Waals surface area contributed by atoms with Gasteiger partial charge < -0.3 is 9.47 Å². The molecule has 0 spiro atoms. The molecule has 0 aliphatic carbocycles. The van der Waals surface area contributed by atoms with E-state index in [1.54, 1.807) is 0 Å². The smallest absolute Gasteiger partial charge is 0.160 e. The van der Waals surface area contributed by atoms with Crippen LogP contribution in [0.1, 0.15) is 48.1 Å². The molecule has 4 heterocycles. The first kappa shape index (κ1) is 19.9. The molecule has 3 aromatic rings. The third-order valence-corrected chi connectivity index (χ3v) is 7.86. The van der Waals surface area contributed by atoms with Gasteiger partial charge in [0.1, 0.15) is 6.04 Å². The fourth-order valence-electron chi connectivity index (χ4n) is 4.76. The standard InChI is InChI=1S/C24H25BrN4S/c1-4-18-14-30-24-27-22(21-7-5-6-12-26-21)23(29(18)24)20-13-15(2)28(16(20)3)19-10-8-17(25)9-11-19/h5-13,18,22-23H,4,14H2,1-3H3/t18-,22-,23+/m1/s1. The summed E-state index contributed by atoms with van der Waals surface area (Å²) in [6.45, 7) is 6.72. The highest BCUT2D eigenvalue weighted by atomic mass is 79.9. The summed E-state index contributed by atoms with van der Waals surface area (Å²) in [5.74, 6) is 1.12. The van der Waals surface area contributed by atoms with Crippen LogP contribution in [0.15, 0.2) is 64.2 Å². The van der Waals surface area contributed by atoms with Crippen LogP contribution in [-0.2, 0) is 0 Å². The lowest BCUT2D eigenvalue weighted by atomic mass is 9.95. The molecular formula is C24H25BrN4S. The van der Waals surface area contributed by atoms with Gasteiger partial charge >= 0.3 is 0 Å². The van der Waals surface area contributed by atoms with Gasteiger partial charge in [-0.05, 0) is 68.3 Å². The highest BCUT2D eigenvalue weighted by Crippen LogP contribution is 2.49. The second-order valence-corrected chi connectivity index (χ2v) is 9.88. The topological polar surface area (TPSA) is 33.4 Å². The highest BCUT2D eigenvalue weighted by Gasteiger charge is 2.46. The minimum absolute atomic E-state index is 0.0296. The van der Waals surface area contributed by atoms with E-state index < -0.39 is 0 Å². The number of thioether (sulfide) groups is 1. The summed E-state index contributed by atoms with van der Waals surface area (Å²) < 4.78 is 3.46. The van der Waals surface area contributed by atoms with Crippen molar-refractivity contribution in [2.75, 3.05) is 5.75 Å². The molecule has 1 saturated heterocycles. The molecule has 5 rings (SSSR count). The SMILES string of the molecule is CC[C@@H]1CSC2=N[C@H](c3ccccn3)[C@H](c3cc(C)n(-c4ccc(Br)cc4)c3C)N21. The number of fused-ring (bicyclic) bond motifs is 1. The van der Waals surface area contributed by atoms with Gasteiger partial charge in [-0.1, -0.05) is 40.7 Å². The van der Waals surface area contributed by atoms with E-state index >= 15 is 0 Å². The van der Waals surface area contributed by atoms with E-state index in [0.29, 0.717) is 6.04 Å². The monoisotopic (exact) mass is 480 g/mol. The van der Waals surface area contributed by atoms with Crippen molar-refractivity contribution in [3.05, 3.63) is 81.8 Å². The highest BCUT2D eigenvalue weighted by molar-refractivity contribution is 9.10. The number of aromatic nitrogens is 2. The summed E-state index contributed by atoms with van der Waals surface area (Å²) in [5, 5.41) is 1.18. The fourth-order valence-corrected chi connectivity index (χ4v) is 6.36. The average molecular weight is 481 g/mol. The Labute approximate surface area is 190 Å². The normalized spacial score (nSPS) is 23.0. The Bertz CT molecular complexity index is 1090. The fraction of sp³-hybridized carbons (Fsp3) is 0.333. The number of amidine groups is 1. The number of benzene rings is 1. The third-order valence-electron chi connectivity index (χ3n) is 6.20. The van der Waals surface area contributed by atoms with Gasteiger partial charge in [0.2, 0.25) is 0 Å². The number of rotatable bonds is 4. The minimum Gasteiger partial charge on any atom is -0.338 e. The van der Waals surface area contributed by atoms with Crippen LogP contribution < -0.4 is 0 Å². The van der Waals surface area contributed by atoms with E-state index in [4.69, 9.17) is 4.99 Å². The van der Waals surface area contributed by atoms with Crippen LogP contribution in [0.3, 0.4) is 0 Å². The Morgan fingerprint density at radius 2 is 1.93 bits per heavy atom. The van der Waals surface area contributed by atoms with Gasteiger partial charge in [0.05, 0.1) is 11.7 Å². The number of nitrogens with zero attached hydrogens (tertiary/aromatic N) is 4. The molecule has 1 aromatic carbocycles. The van der Waals surface area contributed by atoms with E-state index in [-0.39, 0.29) is 12.1 Å². The number of aryl methyl sites for hydroxylation is 1. The summed E-state index contributed by atoms with van der Waals surface area (Å²) in [5.41, 5.74) is 6.12. The van der Waals surface area contributed by atoms with E-state index in [9.17, 15) is 0 Å². The molecule has 6 heteroatoms. The maximum atomic E-state index is 5.17. The Morgan fingerprint density at radius 1 is 1.13 bits per heavy atom. The van der Waals surface area contributed by atoms with Crippen molar-refractivity contribution >= 4 is 32.9 Å². The van der Waals surface area contributed by atoms with Crippen LogP contribution >= 0.6 is 27.7 Å². The second kappa shape index (κ2) is 7.89. The Morgan fingerprint density at radius 3 is 2.63 bits per heavy atom. The molecular weight excluding hydrogens is 456 g/mol. The Kier molecular flexibility index (Phi) is 5.23. The molecule has 4 nitrogen and oxygen atoms in total. The first-order valence-corrected chi connectivity index (χ1v) is 12.2. The lowest BCUT2D eigenvalue weighted by molar-refractivity contribution is 0.254. The van der Waals surface area contributed by atoms with Crippen molar-refractivity contribution < 1.29 is 0 Å². The van der Waals surface area contributed by atoms with Gasteiger partial charge in [-0.3, -0.25) is 9.98 Å². The molecule has 0 saturated carbocycles. The second-order valence-electron chi connectivity index (χ2n) is 7.97. The molecule has 0 radical (unpaired) electrons. The molecule has 1 fully saturated rings. The van der Waals surface area contributed by atoms with Crippen LogP contribution in [0, 0.1) is 13.8 Å². The van der Waals surface area contributed by atoms with Crippen molar-refractivity contribution in [3.63, 3.8) is 0 Å². The maximum absolute atomic E-state index is 5.17. The van der Waals surface area contributed by atoms with Crippen LogP contribution in [0.2, 0.25) is 0 Å². The molecule has 3 atom stereocenters. The molecule has 0 bridgehead atoms. The van der Waals surface area contributed by atoms with Crippen LogP contribution in [0.4, 0.5) is 0 Å². The number of halogens is 1. The predicted molar refractivity (Wildman–Crippen MR) is 128 cm³/mol. The number of pyridine rings is 1. The Hall–Kier alpha value is -2.05. The molecule has 2 aliphatic rings. The number of aliphatic imine (C=N–C) groups is 1. The maximum Gasteiger partial charge on any atom is 0.160 e. The zero-order valence-corrected chi connectivity index (χ0v) is 19.8. The van der Waals surface area contributed by atoms with Crippen LogP contribution in [0.5, 0.6) is 0 Å². The van der Waals surface area contributed by atoms with Gasteiger partial charge in [0.25, 0.3) is 0 Å². The predicted octanol–water partition coefficient (Wildman–Crippen LogP) is 6.23. The first-order chi connectivity index (χ1) is 14.6. The largest absolute Gasteiger partial charge is 0.338 e. The summed E-state index contributed by atoms with van der Waals surface area (Å²) in [6, 6.07) is 17.8. The lowest BCUT2D eigenvalue weighted by Crippen LogP contribution is -2.35. The molecule has 154 valence electrons. The van der Waals surface area contributed by atoms with E-state index in [2.05, 4.69) is 93.6 Å². The van der Waals surface area contributed by atoms with Crippen LogP contribution in [-0.4, -0.2) is 31.4 Å². The first-order valence-electron chi connectivity index (χ1n) is 10.4. The van der Waals surface area contributed by atoms with Crippen molar-refractivity contribution in [2.45, 2.75) is 45.3 Å². The molecule has 2 aliphatic heterocycles. The summed E-state index contributed by atoms with van der Waals surface area (Å²) in [6.07, 6.45) is 3.01. The quantitative estimate of drug-likeness (QED) is 0.443. The van der Waals surface area contributed by atoms with Gasteiger partial charge in [-0.25, -0.2) is 0 Å². The van der Waals surface area contributed by atoms with E-state index in [0.717, 1.165) is 22.3 Å². The molecule has 0 N–H and O–H groups in total. The number of hydrogen-bond acceptors (Lipinski definition) is 4.